The number of hydrogen-bond acceptors (Lipinski definition) is 1. The number of benzene rings is 1. The van der Waals surface area contributed by atoms with Crippen molar-refractivity contribution in [3.63, 3.8) is 0 Å². The molecule has 0 aliphatic carbocycles. The van der Waals surface area contributed by atoms with Crippen LogP contribution < -0.4 is 0 Å². The maximum atomic E-state index is 2.35. The predicted molar refractivity (Wildman–Crippen MR) is 66.7 cm³/mol. The minimum absolute atomic E-state index is 0.715. The Morgan fingerprint density at radius 2 is 2.13 bits per heavy atom. The Morgan fingerprint density at radius 3 is 3.00 bits per heavy atom. The van der Waals surface area contributed by atoms with Crippen molar-refractivity contribution in [2.75, 3.05) is 5.75 Å². The van der Waals surface area contributed by atoms with Crippen molar-refractivity contribution >= 4 is 22.7 Å². The number of aryl methyl sites for hydroxylation is 1. The lowest BCUT2D eigenvalue weighted by Gasteiger charge is -2.19. The number of hydrogen-bond donors (Lipinski definition) is 0. The Bertz CT molecular complexity index is 512. The second-order valence-corrected chi connectivity index (χ2v) is 5.42. The summed E-state index contributed by atoms with van der Waals surface area (Å²) in [5, 5.41) is 2.93. The first-order valence-electron chi connectivity index (χ1n) is 5.49. The summed E-state index contributed by atoms with van der Waals surface area (Å²) in [5.74, 6) is 1.98. The Balaban J connectivity index is 2.41. The van der Waals surface area contributed by atoms with Gasteiger partial charge in [-0.05, 0) is 24.0 Å². The quantitative estimate of drug-likeness (QED) is 0.650. The fourth-order valence-electron chi connectivity index (χ4n) is 2.53. The molecule has 0 N–H and O–H groups in total. The molecule has 0 saturated carbocycles. The number of rotatable bonds is 0. The number of para-hydroxylation sites is 1. The van der Waals surface area contributed by atoms with Crippen molar-refractivity contribution in [3.8, 4) is 0 Å². The van der Waals surface area contributed by atoms with Crippen LogP contribution in [-0.2, 0) is 7.05 Å². The zero-order valence-corrected chi connectivity index (χ0v) is 9.97. The maximum absolute atomic E-state index is 2.35. The van der Waals surface area contributed by atoms with Gasteiger partial charge in [0.2, 0.25) is 0 Å². The maximum Gasteiger partial charge on any atom is 0.0791 e. The van der Waals surface area contributed by atoms with Crippen molar-refractivity contribution in [1.29, 1.82) is 0 Å². The van der Waals surface area contributed by atoms with Crippen LogP contribution in [0.3, 0.4) is 0 Å². The number of fused-ring (bicyclic) bond motifs is 3. The van der Waals surface area contributed by atoms with E-state index in [9.17, 15) is 0 Å². The Morgan fingerprint density at radius 1 is 1.33 bits per heavy atom. The molecule has 1 aromatic carbocycles. The van der Waals surface area contributed by atoms with Crippen molar-refractivity contribution < 1.29 is 0 Å². The van der Waals surface area contributed by atoms with Gasteiger partial charge in [-0.3, -0.25) is 0 Å². The summed E-state index contributed by atoms with van der Waals surface area (Å²) in [6.07, 6.45) is 1.31. The van der Waals surface area contributed by atoms with E-state index in [1.807, 2.05) is 11.8 Å². The fourth-order valence-corrected chi connectivity index (χ4v) is 3.95. The third kappa shape index (κ3) is 1.24. The summed E-state index contributed by atoms with van der Waals surface area (Å²) in [6, 6.07) is 8.76. The molecule has 15 heavy (non-hydrogen) atoms. The molecule has 0 saturated heterocycles. The lowest BCUT2D eigenvalue weighted by molar-refractivity contribution is 0.692. The van der Waals surface area contributed by atoms with Crippen LogP contribution in [0.25, 0.3) is 10.9 Å². The lowest BCUT2D eigenvalue weighted by atomic mass is 9.98. The molecule has 0 amide bonds. The number of aromatic nitrogens is 1. The second kappa shape index (κ2) is 3.31. The monoisotopic (exact) mass is 217 g/mol. The van der Waals surface area contributed by atoms with Gasteiger partial charge in [0.05, 0.1) is 5.03 Å². The molecule has 0 bridgehead atoms. The summed E-state index contributed by atoms with van der Waals surface area (Å²) >= 11 is 2.01. The standard InChI is InChI=1S/C13H15NS/c1-9-7-8-15-13-12(9)10-5-3-4-6-11(10)14(13)2/h3-6,9H,7-8H2,1-2H3. The molecule has 78 valence electrons. The molecule has 2 heterocycles. The number of nitrogens with zero attached hydrogens (tertiary/aromatic N) is 1. The highest BCUT2D eigenvalue weighted by Gasteiger charge is 2.23. The Labute approximate surface area is 94.5 Å². The predicted octanol–water partition coefficient (Wildman–Crippen LogP) is 3.78. The summed E-state index contributed by atoms with van der Waals surface area (Å²) in [7, 11) is 2.19. The van der Waals surface area contributed by atoms with Gasteiger partial charge in [-0.25, -0.2) is 0 Å². The van der Waals surface area contributed by atoms with Gasteiger partial charge in [0.1, 0.15) is 0 Å². The smallest absolute Gasteiger partial charge is 0.0791 e. The first-order chi connectivity index (χ1) is 7.29. The zero-order valence-electron chi connectivity index (χ0n) is 9.16. The van der Waals surface area contributed by atoms with Gasteiger partial charge in [-0.1, -0.05) is 25.1 Å². The van der Waals surface area contributed by atoms with E-state index in [-0.39, 0.29) is 0 Å². The molecule has 3 rings (SSSR count). The average molecular weight is 217 g/mol. The summed E-state index contributed by atoms with van der Waals surface area (Å²) < 4.78 is 2.35. The minimum atomic E-state index is 0.715. The molecule has 1 aliphatic heterocycles. The highest BCUT2D eigenvalue weighted by atomic mass is 32.2. The molecular weight excluding hydrogens is 202 g/mol. The molecule has 1 nitrogen and oxygen atoms in total. The van der Waals surface area contributed by atoms with Crippen molar-refractivity contribution in [2.24, 2.45) is 7.05 Å². The van der Waals surface area contributed by atoms with Gasteiger partial charge in [0, 0.05) is 23.7 Å². The molecule has 0 spiro atoms. The van der Waals surface area contributed by atoms with Gasteiger partial charge < -0.3 is 4.57 Å². The van der Waals surface area contributed by atoms with E-state index in [2.05, 4.69) is 42.8 Å². The third-order valence-corrected chi connectivity index (χ3v) is 4.58. The first-order valence-corrected chi connectivity index (χ1v) is 6.47. The molecule has 2 aromatic rings. The van der Waals surface area contributed by atoms with Gasteiger partial charge in [-0.15, -0.1) is 11.8 Å². The second-order valence-electron chi connectivity index (χ2n) is 4.33. The lowest BCUT2D eigenvalue weighted by Crippen LogP contribution is -2.04. The Kier molecular flexibility index (Phi) is 2.06. The van der Waals surface area contributed by atoms with E-state index in [4.69, 9.17) is 0 Å². The normalized spacial score (nSPS) is 20.5. The zero-order chi connectivity index (χ0) is 10.4. The van der Waals surface area contributed by atoms with Crippen LogP contribution in [0.15, 0.2) is 29.3 Å². The van der Waals surface area contributed by atoms with Crippen LogP contribution in [0.4, 0.5) is 0 Å². The van der Waals surface area contributed by atoms with Crippen molar-refractivity contribution in [1.82, 2.24) is 4.57 Å². The van der Waals surface area contributed by atoms with E-state index in [0.29, 0.717) is 5.92 Å². The van der Waals surface area contributed by atoms with Crippen molar-refractivity contribution in [2.45, 2.75) is 24.3 Å². The van der Waals surface area contributed by atoms with Gasteiger partial charge in [0.25, 0.3) is 0 Å². The molecule has 0 radical (unpaired) electrons. The molecular formula is C13H15NS. The summed E-state index contributed by atoms with van der Waals surface area (Å²) in [5.41, 5.74) is 2.95. The van der Waals surface area contributed by atoms with E-state index in [0.717, 1.165) is 0 Å². The minimum Gasteiger partial charge on any atom is -0.339 e. The van der Waals surface area contributed by atoms with E-state index in [1.54, 1.807) is 5.56 Å². The van der Waals surface area contributed by atoms with Gasteiger partial charge in [-0.2, -0.15) is 0 Å². The summed E-state index contributed by atoms with van der Waals surface area (Å²) in [4.78, 5) is 0. The summed E-state index contributed by atoms with van der Waals surface area (Å²) in [6.45, 7) is 2.35. The molecule has 0 fully saturated rings. The SMILES string of the molecule is CC1CCSc2c1c1ccccc1n2C. The van der Waals surface area contributed by atoms with Crippen LogP contribution in [0.5, 0.6) is 0 Å². The third-order valence-electron chi connectivity index (χ3n) is 3.37. The fraction of sp³-hybridized carbons (Fsp3) is 0.385. The van der Waals surface area contributed by atoms with Crippen molar-refractivity contribution in [3.05, 3.63) is 29.8 Å². The first kappa shape index (κ1) is 9.34. The Hall–Kier alpha value is -0.890. The topological polar surface area (TPSA) is 4.93 Å². The molecule has 1 aliphatic rings. The van der Waals surface area contributed by atoms with Gasteiger partial charge >= 0.3 is 0 Å². The van der Waals surface area contributed by atoms with Crippen LogP contribution >= 0.6 is 11.8 Å². The van der Waals surface area contributed by atoms with Crippen LogP contribution in [0, 0.1) is 0 Å². The highest BCUT2D eigenvalue weighted by Crippen LogP contribution is 2.42. The molecule has 2 heteroatoms. The van der Waals surface area contributed by atoms with E-state index >= 15 is 0 Å². The molecule has 1 aromatic heterocycles. The van der Waals surface area contributed by atoms with Crippen LogP contribution in [-0.4, -0.2) is 10.3 Å². The average Bonchev–Trinajstić information content (AvgIpc) is 2.55. The van der Waals surface area contributed by atoms with Gasteiger partial charge in [0.15, 0.2) is 0 Å². The molecule has 1 unspecified atom stereocenters. The van der Waals surface area contributed by atoms with Crippen LogP contribution in [0.2, 0.25) is 0 Å². The highest BCUT2D eigenvalue weighted by molar-refractivity contribution is 7.99. The van der Waals surface area contributed by atoms with E-state index < -0.39 is 0 Å². The molecule has 1 atom stereocenters. The van der Waals surface area contributed by atoms with E-state index in [1.165, 1.54) is 28.1 Å². The van der Waals surface area contributed by atoms with Crippen LogP contribution in [0.1, 0.15) is 24.8 Å². The largest absolute Gasteiger partial charge is 0.339 e. The number of thioether (sulfide) groups is 1.